The van der Waals surface area contributed by atoms with Crippen LogP contribution >= 0.6 is 0 Å². The summed E-state index contributed by atoms with van der Waals surface area (Å²) in [6.07, 6.45) is 6.87. The number of unbranched alkanes of at least 4 members (excludes halogenated alkanes) is 6. The molecule has 1 unspecified atom stereocenters. The van der Waals surface area contributed by atoms with E-state index in [1.54, 1.807) is 0 Å². The average molecular weight is 373 g/mol. The zero-order valence-electron chi connectivity index (χ0n) is 15.3. The van der Waals surface area contributed by atoms with E-state index in [-0.39, 0.29) is 48.4 Å². The molecule has 0 bridgehead atoms. The molecule has 0 spiro atoms. The third-order valence-electron chi connectivity index (χ3n) is 3.59. The van der Waals surface area contributed by atoms with Gasteiger partial charge in [-0.25, -0.2) is 0 Å². The maximum absolute atomic E-state index is 11.8. The Kier molecular flexibility index (Phi) is 16.8. The minimum absolute atomic E-state index is 0. The summed E-state index contributed by atoms with van der Waals surface area (Å²) in [5.74, 6) is -1.38. The fourth-order valence-electron chi connectivity index (χ4n) is 2.16. The molecule has 1 atom stereocenters. The van der Waals surface area contributed by atoms with Crippen molar-refractivity contribution in [3.63, 3.8) is 0 Å². The zero-order valence-corrected chi connectivity index (χ0v) is 18.1. The van der Waals surface area contributed by atoms with Crippen LogP contribution in [0.4, 0.5) is 0 Å². The van der Waals surface area contributed by atoms with Crippen LogP contribution < -0.4 is 0 Å². The third-order valence-corrected chi connectivity index (χ3v) is 4.67. The van der Waals surface area contributed by atoms with Crippen LogP contribution in [0, 0.1) is 0 Å². The molecule has 6 nitrogen and oxygen atoms in total. The molecule has 0 rings (SSSR count). The van der Waals surface area contributed by atoms with Crippen LogP contribution in [0.15, 0.2) is 0 Å². The summed E-state index contributed by atoms with van der Waals surface area (Å²) >= 11 is 0. The first-order chi connectivity index (χ1) is 10.8. The van der Waals surface area contributed by atoms with Gasteiger partial charge in [0.05, 0.1) is 6.61 Å². The molecule has 1 radical (unpaired) electrons. The van der Waals surface area contributed by atoms with E-state index in [1.165, 1.54) is 0 Å². The Balaban J connectivity index is 0. The quantitative estimate of drug-likeness (QED) is 0.218. The van der Waals surface area contributed by atoms with Crippen molar-refractivity contribution in [2.24, 2.45) is 0 Å². The molecule has 0 amide bonds. The van der Waals surface area contributed by atoms with Gasteiger partial charge in [-0.15, -0.1) is 0 Å². The number of hydrogen-bond acceptors (Lipinski definition) is 5. The van der Waals surface area contributed by atoms with E-state index < -0.39 is 27.8 Å². The monoisotopic (exact) mass is 373 g/mol. The van der Waals surface area contributed by atoms with E-state index in [0.29, 0.717) is 12.8 Å². The zero-order chi connectivity index (χ0) is 17.7. The first kappa shape index (κ1) is 26.3. The van der Waals surface area contributed by atoms with Gasteiger partial charge in [-0.05, 0) is 12.8 Å². The molecule has 0 saturated heterocycles. The van der Waals surface area contributed by atoms with Crippen LogP contribution in [0.3, 0.4) is 0 Å². The van der Waals surface area contributed by atoms with Gasteiger partial charge in [-0.1, -0.05) is 52.4 Å². The molecular formula is C16H30NaO6S. The largest absolute Gasteiger partial charge is 0.465 e. The number of ketones is 1. The van der Waals surface area contributed by atoms with E-state index >= 15 is 0 Å². The maximum atomic E-state index is 11.8. The minimum atomic E-state index is -4.64. The van der Waals surface area contributed by atoms with Crippen molar-refractivity contribution < 1.29 is 27.3 Å². The van der Waals surface area contributed by atoms with Gasteiger partial charge in [-0.3, -0.25) is 14.1 Å². The summed E-state index contributed by atoms with van der Waals surface area (Å²) in [6.45, 7) is 4.20. The molecule has 0 saturated carbocycles. The molecule has 0 aliphatic heterocycles. The summed E-state index contributed by atoms with van der Waals surface area (Å²) in [5.41, 5.74) is 0. The minimum Gasteiger partial charge on any atom is -0.465 e. The van der Waals surface area contributed by atoms with E-state index in [0.717, 1.165) is 38.5 Å². The molecule has 0 fully saturated rings. The maximum Gasteiger partial charge on any atom is 0.327 e. The molecule has 0 aromatic rings. The standard InChI is InChI=1S/C16H30O6S.Na/c1-3-5-7-9-11-14(17)13-15(23(19,20)21)16(18)22-12-10-8-6-4-2;/h15H,3-13H2,1-2H3,(H,19,20,21);. The van der Waals surface area contributed by atoms with Gasteiger partial charge < -0.3 is 4.74 Å². The van der Waals surface area contributed by atoms with Crippen molar-refractivity contribution in [1.29, 1.82) is 0 Å². The second-order valence-corrected chi connectivity index (χ2v) is 7.38. The fourth-order valence-corrected chi connectivity index (χ4v) is 2.87. The van der Waals surface area contributed by atoms with Gasteiger partial charge in [0.1, 0.15) is 5.78 Å². The van der Waals surface area contributed by atoms with Crippen LogP contribution in [0.5, 0.6) is 0 Å². The molecule has 0 heterocycles. The molecule has 0 aliphatic rings. The molecule has 0 aromatic carbocycles. The topological polar surface area (TPSA) is 97.7 Å². The Morgan fingerprint density at radius 1 is 0.958 bits per heavy atom. The van der Waals surface area contributed by atoms with Gasteiger partial charge in [0.15, 0.2) is 5.25 Å². The first-order valence-electron chi connectivity index (χ1n) is 8.47. The van der Waals surface area contributed by atoms with Gasteiger partial charge in [0.2, 0.25) is 0 Å². The Morgan fingerprint density at radius 3 is 2.00 bits per heavy atom. The predicted molar refractivity (Wildman–Crippen MR) is 94.6 cm³/mol. The molecule has 0 aliphatic carbocycles. The van der Waals surface area contributed by atoms with Crippen molar-refractivity contribution in [1.82, 2.24) is 0 Å². The van der Waals surface area contributed by atoms with Crippen molar-refractivity contribution in [3.8, 4) is 0 Å². The Labute approximate surface area is 168 Å². The number of ether oxygens (including phenoxy) is 1. The molecule has 1 N–H and O–H groups in total. The Bertz CT molecular complexity index is 449. The number of rotatable bonds is 14. The molecule has 0 aromatic heterocycles. The first-order valence-corrected chi connectivity index (χ1v) is 9.97. The second kappa shape index (κ2) is 15.3. The van der Waals surface area contributed by atoms with Crippen molar-refractivity contribution in [3.05, 3.63) is 0 Å². The van der Waals surface area contributed by atoms with E-state index in [2.05, 4.69) is 0 Å². The normalized spacial score (nSPS) is 12.3. The fraction of sp³-hybridized carbons (Fsp3) is 0.875. The van der Waals surface area contributed by atoms with Crippen LogP contribution in [-0.4, -0.2) is 66.1 Å². The number of hydrogen-bond donors (Lipinski definition) is 1. The van der Waals surface area contributed by atoms with Gasteiger partial charge in [-0.2, -0.15) is 8.42 Å². The summed E-state index contributed by atoms with van der Waals surface area (Å²) in [6, 6.07) is 0. The summed E-state index contributed by atoms with van der Waals surface area (Å²) < 4.78 is 36.7. The van der Waals surface area contributed by atoms with Gasteiger partial charge in [0.25, 0.3) is 10.1 Å². The van der Waals surface area contributed by atoms with Crippen LogP contribution in [0.2, 0.25) is 0 Å². The Hall–Kier alpha value is 0.0500. The van der Waals surface area contributed by atoms with Crippen molar-refractivity contribution in [2.45, 2.75) is 83.3 Å². The van der Waals surface area contributed by atoms with Crippen LogP contribution in [0.25, 0.3) is 0 Å². The predicted octanol–water partition coefficient (Wildman–Crippen LogP) is 2.92. The summed E-state index contributed by atoms with van der Waals surface area (Å²) in [7, 11) is -4.64. The third kappa shape index (κ3) is 13.4. The summed E-state index contributed by atoms with van der Waals surface area (Å²) in [5, 5.41) is -1.80. The molecule has 137 valence electrons. The number of carbonyl (C=O) groups excluding carboxylic acids is 2. The average Bonchev–Trinajstić information content (AvgIpc) is 2.47. The van der Waals surface area contributed by atoms with Crippen LogP contribution in [-0.2, 0) is 24.4 Å². The molecule has 8 heteroatoms. The molecular weight excluding hydrogens is 343 g/mol. The van der Waals surface area contributed by atoms with Crippen LogP contribution in [0.1, 0.15) is 78.1 Å². The van der Waals surface area contributed by atoms with Crippen molar-refractivity contribution >= 4 is 51.4 Å². The second-order valence-electron chi connectivity index (χ2n) is 5.79. The number of Topliss-reactive ketones (excluding diaryl/α,β-unsaturated/α-hetero) is 1. The number of carbonyl (C=O) groups is 2. The van der Waals surface area contributed by atoms with E-state index in [1.807, 2.05) is 13.8 Å². The van der Waals surface area contributed by atoms with E-state index in [4.69, 9.17) is 9.29 Å². The Morgan fingerprint density at radius 2 is 1.50 bits per heavy atom. The molecule has 24 heavy (non-hydrogen) atoms. The van der Waals surface area contributed by atoms with Gasteiger partial charge >= 0.3 is 5.97 Å². The number of esters is 1. The van der Waals surface area contributed by atoms with Crippen molar-refractivity contribution in [2.75, 3.05) is 6.61 Å². The van der Waals surface area contributed by atoms with E-state index in [9.17, 15) is 18.0 Å². The smallest absolute Gasteiger partial charge is 0.327 e. The van der Waals surface area contributed by atoms with Gasteiger partial charge in [0, 0.05) is 42.4 Å². The summed E-state index contributed by atoms with van der Waals surface area (Å²) in [4.78, 5) is 23.6. The SMILES string of the molecule is CCCCCCOC(=O)C(CC(=O)CCCCCC)S(=O)(=O)O.[Na].